The third-order valence-electron chi connectivity index (χ3n) is 4.83. The van der Waals surface area contributed by atoms with Crippen molar-refractivity contribution in [1.82, 2.24) is 4.57 Å². The molecule has 0 atom stereocenters. The van der Waals surface area contributed by atoms with Crippen LogP contribution in [-0.4, -0.2) is 4.57 Å². The van der Waals surface area contributed by atoms with Crippen molar-refractivity contribution in [1.29, 1.82) is 0 Å². The summed E-state index contributed by atoms with van der Waals surface area (Å²) in [6.07, 6.45) is 0. The highest BCUT2D eigenvalue weighted by atomic mass is 35.5. The summed E-state index contributed by atoms with van der Waals surface area (Å²) < 4.78 is 1.96. The van der Waals surface area contributed by atoms with Crippen LogP contribution in [0.15, 0.2) is 83.7 Å². The Kier molecular flexibility index (Phi) is 5.51. The van der Waals surface area contributed by atoms with Gasteiger partial charge in [-0.1, -0.05) is 83.3 Å². The van der Waals surface area contributed by atoms with Crippen LogP contribution in [0.1, 0.15) is 5.56 Å². The molecular formula is C24H16Cl3NO. The summed E-state index contributed by atoms with van der Waals surface area (Å²) >= 11 is 19.6. The fourth-order valence-electron chi connectivity index (χ4n) is 3.43. The molecule has 0 aliphatic carbocycles. The minimum absolute atomic E-state index is 0.0989. The predicted octanol–water partition coefficient (Wildman–Crippen LogP) is 7.44. The lowest BCUT2D eigenvalue weighted by molar-refractivity contribution is 1.04. The molecule has 3 aromatic carbocycles. The van der Waals surface area contributed by atoms with Crippen LogP contribution in [0.3, 0.4) is 0 Å². The van der Waals surface area contributed by atoms with Crippen molar-refractivity contribution in [3.63, 3.8) is 0 Å². The van der Waals surface area contributed by atoms with Crippen LogP contribution in [0.25, 0.3) is 28.2 Å². The van der Waals surface area contributed by atoms with Crippen molar-refractivity contribution in [2.75, 3.05) is 0 Å². The molecule has 0 fully saturated rings. The second-order valence-electron chi connectivity index (χ2n) is 6.61. The molecule has 0 N–H and O–H groups in total. The highest BCUT2D eigenvalue weighted by Gasteiger charge is 2.21. The van der Waals surface area contributed by atoms with Gasteiger partial charge in [-0.15, -0.1) is 0 Å². The molecule has 0 amide bonds. The Morgan fingerprint density at radius 2 is 1.21 bits per heavy atom. The van der Waals surface area contributed by atoms with Gasteiger partial charge in [0.05, 0.1) is 22.1 Å². The Balaban J connectivity index is 2.22. The molecular weight excluding hydrogens is 425 g/mol. The van der Waals surface area contributed by atoms with Crippen molar-refractivity contribution in [2.45, 2.75) is 6.92 Å². The number of para-hydroxylation sites is 1. The Bertz CT molecular complexity index is 1280. The molecule has 2 nitrogen and oxygen atoms in total. The number of nitrogens with zero attached hydrogens (tertiary/aromatic N) is 1. The lowest BCUT2D eigenvalue weighted by Crippen LogP contribution is -2.16. The molecule has 144 valence electrons. The molecule has 29 heavy (non-hydrogen) atoms. The second kappa shape index (κ2) is 8.08. The fourth-order valence-corrected chi connectivity index (χ4v) is 4.11. The Labute approximate surface area is 183 Å². The van der Waals surface area contributed by atoms with Gasteiger partial charge in [0.15, 0.2) is 5.43 Å². The van der Waals surface area contributed by atoms with Crippen LogP contribution in [0, 0.1) is 6.92 Å². The first kappa shape index (κ1) is 19.8. The molecule has 1 heterocycles. The zero-order valence-corrected chi connectivity index (χ0v) is 17.8. The summed E-state index contributed by atoms with van der Waals surface area (Å²) in [5.74, 6) is 0. The van der Waals surface area contributed by atoms with E-state index in [-0.39, 0.29) is 5.43 Å². The minimum Gasteiger partial charge on any atom is -0.307 e. The van der Waals surface area contributed by atoms with Crippen LogP contribution in [0.5, 0.6) is 0 Å². The van der Waals surface area contributed by atoms with Crippen LogP contribution in [0.4, 0.5) is 0 Å². The molecule has 0 saturated heterocycles. The average molecular weight is 441 g/mol. The summed E-state index contributed by atoms with van der Waals surface area (Å²) in [5.41, 5.74) is 4.03. The lowest BCUT2D eigenvalue weighted by atomic mass is 10.0. The molecule has 0 saturated carbocycles. The van der Waals surface area contributed by atoms with E-state index in [2.05, 4.69) is 0 Å². The maximum absolute atomic E-state index is 13.0. The predicted molar refractivity (Wildman–Crippen MR) is 123 cm³/mol. The van der Waals surface area contributed by atoms with Crippen molar-refractivity contribution >= 4 is 34.8 Å². The lowest BCUT2D eigenvalue weighted by Gasteiger charge is -2.23. The van der Waals surface area contributed by atoms with E-state index in [0.717, 1.165) is 16.8 Å². The summed E-state index contributed by atoms with van der Waals surface area (Å²) in [4.78, 5) is 13.0. The van der Waals surface area contributed by atoms with Gasteiger partial charge in [0.1, 0.15) is 0 Å². The highest BCUT2D eigenvalue weighted by molar-refractivity contribution is 6.34. The number of halogens is 3. The number of aromatic nitrogens is 1. The summed E-state index contributed by atoms with van der Waals surface area (Å²) in [5, 5.41) is 1.64. The first-order valence-corrected chi connectivity index (χ1v) is 10.1. The van der Waals surface area contributed by atoms with Crippen molar-refractivity contribution in [2.24, 2.45) is 0 Å². The van der Waals surface area contributed by atoms with Crippen molar-refractivity contribution in [3.8, 4) is 28.2 Å². The van der Waals surface area contributed by atoms with Crippen LogP contribution in [-0.2, 0) is 0 Å². The van der Waals surface area contributed by atoms with Gasteiger partial charge < -0.3 is 4.57 Å². The molecule has 4 aromatic rings. The number of rotatable bonds is 3. The number of benzene rings is 3. The normalized spacial score (nSPS) is 10.9. The third-order valence-corrected chi connectivity index (χ3v) is 5.81. The van der Waals surface area contributed by atoms with Crippen molar-refractivity contribution < 1.29 is 0 Å². The zero-order chi connectivity index (χ0) is 20.5. The zero-order valence-electron chi connectivity index (χ0n) is 15.5. The maximum Gasteiger partial charge on any atom is 0.185 e. The first-order valence-electron chi connectivity index (χ1n) is 9.00. The first-order chi connectivity index (χ1) is 14.0. The SMILES string of the molecule is Cc1c(-c2ccccc2Cl)n(-c2ccccc2Cl)c(-c2ccccc2Cl)cc1=O. The minimum atomic E-state index is -0.0989. The number of hydrogen-bond acceptors (Lipinski definition) is 1. The van der Waals surface area contributed by atoms with Gasteiger partial charge in [-0.3, -0.25) is 4.79 Å². The molecule has 0 spiro atoms. The van der Waals surface area contributed by atoms with Crippen LogP contribution >= 0.6 is 34.8 Å². The molecule has 4 rings (SSSR count). The summed E-state index contributed by atoms with van der Waals surface area (Å²) in [7, 11) is 0. The van der Waals surface area contributed by atoms with E-state index in [1.165, 1.54) is 0 Å². The van der Waals surface area contributed by atoms with E-state index < -0.39 is 0 Å². The molecule has 0 unspecified atom stereocenters. The molecule has 0 radical (unpaired) electrons. The maximum atomic E-state index is 13.0. The Morgan fingerprint density at radius 1 is 0.690 bits per heavy atom. The molecule has 5 heteroatoms. The second-order valence-corrected chi connectivity index (χ2v) is 7.84. The average Bonchev–Trinajstić information content (AvgIpc) is 2.71. The van der Waals surface area contributed by atoms with E-state index in [1.807, 2.05) is 65.2 Å². The largest absolute Gasteiger partial charge is 0.307 e. The van der Waals surface area contributed by atoms with Crippen molar-refractivity contribution in [3.05, 3.63) is 110 Å². The Hall–Kier alpha value is -2.52. The molecule has 0 aliphatic heterocycles. The topological polar surface area (TPSA) is 22.0 Å². The van der Waals surface area contributed by atoms with Crippen LogP contribution < -0.4 is 5.43 Å². The molecule has 0 aliphatic rings. The number of pyridine rings is 1. The van der Waals surface area contributed by atoms with Crippen LogP contribution in [0.2, 0.25) is 15.1 Å². The summed E-state index contributed by atoms with van der Waals surface area (Å²) in [6.45, 7) is 1.80. The standard InChI is InChI=1S/C24H16Cl3NO/c1-15-23(29)14-22(16-8-2-4-10-18(16)25)28(21-13-7-6-12-20(21)27)24(15)17-9-3-5-11-19(17)26/h2-14H,1H3. The van der Waals surface area contributed by atoms with E-state index >= 15 is 0 Å². The van der Waals surface area contributed by atoms with Gasteiger partial charge in [0.25, 0.3) is 0 Å². The Morgan fingerprint density at radius 3 is 1.79 bits per heavy atom. The van der Waals surface area contributed by atoms with Gasteiger partial charge in [-0.2, -0.15) is 0 Å². The quantitative estimate of drug-likeness (QED) is 0.324. The van der Waals surface area contributed by atoms with E-state index in [0.29, 0.717) is 32.0 Å². The van der Waals surface area contributed by atoms with E-state index in [4.69, 9.17) is 34.8 Å². The van der Waals surface area contributed by atoms with Gasteiger partial charge in [-0.05, 0) is 31.2 Å². The van der Waals surface area contributed by atoms with Gasteiger partial charge in [0, 0.05) is 32.8 Å². The van der Waals surface area contributed by atoms with E-state index in [1.54, 1.807) is 25.1 Å². The molecule has 0 bridgehead atoms. The smallest absolute Gasteiger partial charge is 0.185 e. The van der Waals surface area contributed by atoms with E-state index in [9.17, 15) is 4.79 Å². The third kappa shape index (κ3) is 3.60. The van der Waals surface area contributed by atoms with Gasteiger partial charge >= 0.3 is 0 Å². The van der Waals surface area contributed by atoms with Gasteiger partial charge in [-0.25, -0.2) is 0 Å². The summed E-state index contributed by atoms with van der Waals surface area (Å²) in [6, 6.07) is 24.0. The molecule has 1 aromatic heterocycles. The fraction of sp³-hybridized carbons (Fsp3) is 0.0417. The highest BCUT2D eigenvalue weighted by Crippen LogP contribution is 2.38. The van der Waals surface area contributed by atoms with Gasteiger partial charge in [0.2, 0.25) is 0 Å². The number of hydrogen-bond donors (Lipinski definition) is 0. The monoisotopic (exact) mass is 439 g/mol.